The van der Waals surface area contributed by atoms with E-state index in [2.05, 4.69) is 104 Å². The third-order valence-corrected chi connectivity index (χ3v) is 38.0. The molecular formula is C110H183LiO12. The molecule has 0 unspecified atom stereocenters. The second-order valence-corrected chi connectivity index (χ2v) is 45.6. The Kier molecular flexibility index (Phi) is 36.9. The molecule has 16 aliphatic carbocycles. The summed E-state index contributed by atoms with van der Waals surface area (Å²) >= 11 is 0. The van der Waals surface area contributed by atoms with Crippen LogP contribution < -0.4 is 18.9 Å². The smallest absolute Gasteiger partial charge is 0.469 e. The van der Waals surface area contributed by atoms with Gasteiger partial charge in [-0.3, -0.25) is 4.79 Å². The van der Waals surface area contributed by atoms with Crippen LogP contribution in [0.1, 0.15) is 383 Å². The van der Waals surface area contributed by atoms with Crippen LogP contribution in [0.25, 0.3) is 0 Å². The maximum absolute atomic E-state index is 11.5. The second kappa shape index (κ2) is 41.9. The van der Waals surface area contributed by atoms with Crippen molar-refractivity contribution in [3.05, 3.63) is 90.0 Å². The number of esters is 3. The number of rotatable bonds is 11. The van der Waals surface area contributed by atoms with Crippen LogP contribution in [-0.4, -0.2) is 106 Å². The van der Waals surface area contributed by atoms with E-state index >= 15 is 0 Å². The first-order valence-corrected chi connectivity index (χ1v) is 47.6. The van der Waals surface area contributed by atoms with Crippen molar-refractivity contribution in [2.75, 3.05) is 34.5 Å². The topological polar surface area (TPSA) is 189 Å². The molecule has 17 rings (SSSR count). The Morgan fingerprint density at radius 3 is 1.21 bits per heavy atom. The van der Waals surface area contributed by atoms with Crippen LogP contribution in [0, 0.1) is 146 Å². The number of fused-ring (bicyclic) bond motifs is 20. The Hall–Kier alpha value is -3.49. The molecule has 0 spiro atoms. The van der Waals surface area contributed by atoms with Crippen molar-refractivity contribution >= 4 is 17.9 Å². The van der Waals surface area contributed by atoms with E-state index in [1.165, 1.54) is 205 Å². The van der Waals surface area contributed by atoms with Gasteiger partial charge in [-0.05, 0) is 412 Å². The van der Waals surface area contributed by atoms with Crippen molar-refractivity contribution < 1.29 is 77.7 Å². The predicted molar refractivity (Wildman–Crippen MR) is 505 cm³/mol. The average Bonchev–Trinajstić information content (AvgIpc) is 1.71. The van der Waals surface area contributed by atoms with E-state index in [1.54, 1.807) is 28.7 Å². The number of aliphatic hydroxyl groups is 5. The van der Waals surface area contributed by atoms with E-state index in [9.17, 15) is 39.9 Å². The molecule has 0 aromatic carbocycles. The van der Waals surface area contributed by atoms with Gasteiger partial charge in [0, 0.05) is 31.6 Å². The van der Waals surface area contributed by atoms with Crippen LogP contribution in [0.2, 0.25) is 0 Å². The number of allylic oxidation sites excluding steroid dienone is 8. The first-order valence-electron chi connectivity index (χ1n) is 47.6. The molecule has 12 fully saturated rings. The second-order valence-electron chi connectivity index (χ2n) is 45.6. The van der Waals surface area contributed by atoms with E-state index in [4.69, 9.17) is 14.2 Å². The largest absolute Gasteiger partial charge is 1.00 e. The van der Waals surface area contributed by atoms with Gasteiger partial charge in [0.2, 0.25) is 0 Å². The van der Waals surface area contributed by atoms with E-state index in [1.807, 2.05) is 47.6 Å². The van der Waals surface area contributed by atoms with Crippen molar-refractivity contribution in [3.8, 4) is 12.3 Å². The molecule has 0 radical (unpaired) electrons. The quantitative estimate of drug-likeness (QED) is 0.0193. The summed E-state index contributed by atoms with van der Waals surface area (Å²) in [6, 6.07) is 0. The summed E-state index contributed by atoms with van der Waals surface area (Å²) in [7, 11) is 4.16. The van der Waals surface area contributed by atoms with Crippen molar-refractivity contribution in [2.45, 2.75) is 411 Å². The number of hydrogen-bond donors (Lipinski definition) is 5. The number of terminal acetylenes is 1. The summed E-state index contributed by atoms with van der Waals surface area (Å²) in [6.45, 7) is 38.6. The molecule has 0 bridgehead atoms. The molecular weight excluding hydrogens is 1520 g/mol. The number of carbonyl (C=O) groups excluding carboxylic acids is 3. The van der Waals surface area contributed by atoms with Crippen LogP contribution in [-0.2, 0) is 33.3 Å². The summed E-state index contributed by atoms with van der Waals surface area (Å²) in [5.41, 5.74) is 9.74. The van der Waals surface area contributed by atoms with Gasteiger partial charge in [0.05, 0.1) is 49.3 Å². The van der Waals surface area contributed by atoms with E-state index in [0.717, 1.165) is 174 Å². The minimum absolute atomic E-state index is 0. The van der Waals surface area contributed by atoms with Crippen LogP contribution in [0.4, 0.5) is 0 Å². The Morgan fingerprint density at radius 2 is 0.854 bits per heavy atom. The molecule has 0 aromatic heterocycles. The molecule has 13 heteroatoms. The van der Waals surface area contributed by atoms with Gasteiger partial charge in [-0.25, -0.2) is 9.59 Å². The molecule has 5 N–H and O–H groups in total. The van der Waals surface area contributed by atoms with Crippen LogP contribution in [0.3, 0.4) is 0 Å². The molecule has 696 valence electrons. The molecule has 0 aromatic rings. The fraction of sp³-hybridized carbons (Fsp3) is 0.818. The molecule has 11 saturated carbocycles. The third-order valence-electron chi connectivity index (χ3n) is 38.0. The van der Waals surface area contributed by atoms with Crippen molar-refractivity contribution in [1.29, 1.82) is 0 Å². The molecule has 123 heavy (non-hydrogen) atoms. The summed E-state index contributed by atoms with van der Waals surface area (Å²) in [5.74, 6) is 12.2. The van der Waals surface area contributed by atoms with Gasteiger partial charge >= 0.3 is 36.8 Å². The minimum Gasteiger partial charge on any atom is -0.469 e. The fourth-order valence-corrected chi connectivity index (χ4v) is 30.6. The summed E-state index contributed by atoms with van der Waals surface area (Å²) in [5, 5.41) is 52.4. The predicted octanol–water partition coefficient (Wildman–Crippen LogP) is 23.1. The van der Waals surface area contributed by atoms with Crippen LogP contribution in [0.15, 0.2) is 82.5 Å². The van der Waals surface area contributed by atoms with Crippen LogP contribution >= 0.6 is 0 Å². The molecule has 12 nitrogen and oxygen atoms in total. The summed E-state index contributed by atoms with van der Waals surface area (Å²) < 4.78 is 18.5. The molecule has 26 atom stereocenters. The van der Waals surface area contributed by atoms with E-state index in [-0.39, 0.29) is 78.8 Å². The standard InChI is InChI=1S/C26H44O2.C25H40O3.C25H36O3.C21H32O.C4H4O2.C4H8O.4CH4.CH3.Li/c1-23(2,27)13-6-7-18-9-11-21-20-10-8-19-17-24(3,28)15-16-26(19,5)22(20)12-14-25(18,21)4;2*1-23(27)14-15-25(3)18(16-23)8-10-19-20-11-9-17(6-5-7-22(26)28-4)24(20,2)13-12-21(19)25;1-14-5-8-17-16-7-6-15-13-19(2,22)11-12-21(15,4)18(16)9-10-20(14,17)3;1-3-4(5)6-2;1-2-4-5-3-1;;;;;;/h8,18,20-22,27-28H,6-7,9-17H2,1-5H3;8,17,19-21,27H,5-7,9-16H2,1-4H3;5,7-9,19-21,27H,6,10-16H2,1-4H3;6,16-18,22H,1,5,7-13H2,2-4H3;1H,2H3;1-4H2;4*1H4;1H3;/q;;;;;;;;;;-1;+1/b;;7-5+;;;;;;;;;/t18-,20-,21-,22-,24-,25+,26-;17-,19-,20-,21-,23-,24+,25-;19-,20-,21-,23-,24+,25-;16-,17-,18-,19-,20+,21-;;;;;;;;/m0000......../s1. The molecule has 0 amide bonds. The molecule has 17 aliphatic rings. The first kappa shape index (κ1) is 108. The monoisotopic (exact) mass is 1700 g/mol. The maximum Gasteiger partial charge on any atom is 1.00 e. The van der Waals surface area contributed by atoms with Gasteiger partial charge in [-0.2, -0.15) is 0 Å². The Morgan fingerprint density at radius 1 is 0.480 bits per heavy atom. The minimum atomic E-state index is -0.630. The number of methoxy groups -OCH3 is 3. The molecule has 1 aliphatic heterocycles. The average molecular weight is 1700 g/mol. The van der Waals surface area contributed by atoms with Gasteiger partial charge in [-0.1, -0.05) is 168 Å². The molecule has 1 saturated heterocycles. The SMILES string of the molecule is C.C.C.C.C#CC(=O)OC.C1CCOC1.C=C1CC[C@H]2[C@@H]3CC=C4C[C@@](C)(O)CC[C@]4(C)[C@H]3CC[C@]12C.CC(C)(O)CCC[C@H]1CC[C@H]2[C@@H]3CC=C4C[C@@](C)(O)CC[C@]4(C)[C@H]3CC[C@]12C.COC(=O)/C=C/CC1=CC[C@H]2[C@@H]3CC=C4C[C@@](C)(O)CC[C@]4(C)[C@H]3CC[C@]12C.COC(=O)CCC[C@H]1CC[C@H]2[C@@H]3CC=C4C[C@@](C)(O)CC[C@]4(C)[C@H]3CC[C@]12C.[CH3-].[Li+]. The van der Waals surface area contributed by atoms with Crippen molar-refractivity contribution in [1.82, 2.24) is 0 Å². The molecule has 1 heterocycles. The van der Waals surface area contributed by atoms with Gasteiger partial charge in [0.1, 0.15) is 0 Å². The fourth-order valence-electron chi connectivity index (χ4n) is 30.6. The van der Waals surface area contributed by atoms with Crippen LogP contribution in [0.5, 0.6) is 0 Å². The zero-order valence-electron chi connectivity index (χ0n) is 78.7. The summed E-state index contributed by atoms with van der Waals surface area (Å²) in [6.07, 6.45) is 67.1. The number of hydrogen-bond acceptors (Lipinski definition) is 12. The van der Waals surface area contributed by atoms with Gasteiger partial charge < -0.3 is 51.9 Å². The van der Waals surface area contributed by atoms with E-state index in [0.29, 0.717) is 44.8 Å². The summed E-state index contributed by atoms with van der Waals surface area (Å²) in [4.78, 5) is 32.6. The number of ether oxygens (including phenoxy) is 4. The van der Waals surface area contributed by atoms with Crippen molar-refractivity contribution in [2.24, 2.45) is 126 Å². The Labute approximate surface area is 765 Å². The van der Waals surface area contributed by atoms with Gasteiger partial charge in [0.25, 0.3) is 0 Å². The van der Waals surface area contributed by atoms with E-state index < -0.39 is 34.0 Å². The third kappa shape index (κ3) is 22.3. The van der Waals surface area contributed by atoms with Gasteiger partial charge in [0.15, 0.2) is 0 Å². The number of carbonyl (C=O) groups is 3. The van der Waals surface area contributed by atoms with Gasteiger partial charge in [-0.15, -0.1) is 6.42 Å². The first-order chi connectivity index (χ1) is 54.9. The normalized spacial score (nSPS) is 43.1. The zero-order valence-corrected chi connectivity index (χ0v) is 78.7. The maximum atomic E-state index is 11.5. The van der Waals surface area contributed by atoms with Crippen molar-refractivity contribution in [3.63, 3.8) is 0 Å². The Balaban J connectivity index is 0.000000240. The zero-order chi connectivity index (χ0) is 85.0. The Bertz CT molecular complexity index is 3780.